The molecule has 0 bridgehead atoms. The standard InChI is InChI=1S/C20H30N6O/c1-19(2)11-16(12-20(3,4)24-19)23-18(27)26-9-7-25(8-10-26)17-6-5-15(13-21)22-14-17/h5-6,14,16,24H,7-12H2,1-4H3,(H,23,27). The Morgan fingerprint density at radius 1 is 1.19 bits per heavy atom. The minimum atomic E-state index is 0.0149. The number of pyridine rings is 1. The van der Waals surface area contributed by atoms with E-state index in [9.17, 15) is 4.79 Å². The number of hydrogen-bond acceptors (Lipinski definition) is 5. The first kappa shape index (κ1) is 19.4. The molecule has 2 fully saturated rings. The molecule has 2 aliphatic heterocycles. The summed E-state index contributed by atoms with van der Waals surface area (Å²) in [5.41, 5.74) is 1.45. The zero-order valence-corrected chi connectivity index (χ0v) is 16.7. The number of aromatic nitrogens is 1. The summed E-state index contributed by atoms with van der Waals surface area (Å²) in [4.78, 5) is 21.0. The largest absolute Gasteiger partial charge is 0.367 e. The van der Waals surface area contributed by atoms with Gasteiger partial charge in [0, 0.05) is 43.3 Å². The van der Waals surface area contributed by atoms with Crippen LogP contribution >= 0.6 is 0 Å². The van der Waals surface area contributed by atoms with Crippen LogP contribution in [-0.4, -0.2) is 59.2 Å². The molecule has 146 valence electrons. The quantitative estimate of drug-likeness (QED) is 0.833. The fourth-order valence-corrected chi connectivity index (χ4v) is 4.50. The summed E-state index contributed by atoms with van der Waals surface area (Å²) < 4.78 is 0. The van der Waals surface area contributed by atoms with E-state index < -0.39 is 0 Å². The molecular weight excluding hydrogens is 340 g/mol. The van der Waals surface area contributed by atoms with E-state index in [1.807, 2.05) is 17.0 Å². The van der Waals surface area contributed by atoms with Crippen LogP contribution in [0, 0.1) is 11.3 Å². The number of rotatable bonds is 2. The average Bonchev–Trinajstić information content (AvgIpc) is 2.59. The molecule has 0 saturated carbocycles. The van der Waals surface area contributed by atoms with E-state index in [0.717, 1.165) is 31.6 Å². The topological polar surface area (TPSA) is 84.3 Å². The smallest absolute Gasteiger partial charge is 0.317 e. The molecule has 7 heteroatoms. The normalized spacial score (nSPS) is 22.2. The molecule has 3 rings (SSSR count). The average molecular weight is 371 g/mol. The van der Waals surface area contributed by atoms with Gasteiger partial charge < -0.3 is 20.4 Å². The second-order valence-corrected chi connectivity index (χ2v) is 8.93. The van der Waals surface area contributed by atoms with Crippen LogP contribution in [0.2, 0.25) is 0 Å². The lowest BCUT2D eigenvalue weighted by Gasteiger charge is -2.47. The monoisotopic (exact) mass is 370 g/mol. The van der Waals surface area contributed by atoms with Gasteiger partial charge in [-0.2, -0.15) is 5.26 Å². The summed E-state index contributed by atoms with van der Waals surface area (Å²) in [7, 11) is 0. The lowest BCUT2D eigenvalue weighted by molar-refractivity contribution is 0.138. The lowest BCUT2D eigenvalue weighted by Crippen LogP contribution is -2.63. The summed E-state index contributed by atoms with van der Waals surface area (Å²) in [5.74, 6) is 0. The Kier molecular flexibility index (Phi) is 5.29. The molecule has 3 heterocycles. The predicted molar refractivity (Wildman–Crippen MR) is 106 cm³/mol. The van der Waals surface area contributed by atoms with Crippen molar-refractivity contribution in [3.8, 4) is 6.07 Å². The van der Waals surface area contributed by atoms with Crippen molar-refractivity contribution in [2.75, 3.05) is 31.1 Å². The van der Waals surface area contributed by atoms with Gasteiger partial charge in [-0.25, -0.2) is 9.78 Å². The number of hydrogen-bond donors (Lipinski definition) is 2. The summed E-state index contributed by atoms with van der Waals surface area (Å²) in [6, 6.07) is 5.90. The molecular formula is C20H30N6O. The number of urea groups is 1. The van der Waals surface area contributed by atoms with Gasteiger partial charge in [0.25, 0.3) is 0 Å². The number of piperidine rings is 1. The molecule has 7 nitrogen and oxygen atoms in total. The maximum absolute atomic E-state index is 12.7. The summed E-state index contributed by atoms with van der Waals surface area (Å²) in [6.45, 7) is 11.7. The summed E-state index contributed by atoms with van der Waals surface area (Å²) >= 11 is 0. The third kappa shape index (κ3) is 4.89. The van der Waals surface area contributed by atoms with Gasteiger partial charge in [0.05, 0.1) is 11.9 Å². The van der Waals surface area contributed by atoms with E-state index in [0.29, 0.717) is 18.8 Å². The number of carbonyl (C=O) groups excluding carboxylic acids is 1. The number of nitrogens with zero attached hydrogens (tertiary/aromatic N) is 4. The first-order valence-corrected chi connectivity index (χ1v) is 9.63. The third-order valence-corrected chi connectivity index (χ3v) is 5.31. The molecule has 2 N–H and O–H groups in total. The molecule has 0 aromatic carbocycles. The zero-order valence-electron chi connectivity index (χ0n) is 16.7. The van der Waals surface area contributed by atoms with E-state index in [1.54, 1.807) is 12.3 Å². The number of anilines is 1. The maximum Gasteiger partial charge on any atom is 0.317 e. The molecule has 2 amide bonds. The molecule has 0 aliphatic carbocycles. The second-order valence-electron chi connectivity index (χ2n) is 8.93. The number of carbonyl (C=O) groups is 1. The molecule has 0 radical (unpaired) electrons. The van der Waals surface area contributed by atoms with Crippen LogP contribution in [-0.2, 0) is 0 Å². The first-order chi connectivity index (χ1) is 12.7. The second kappa shape index (κ2) is 7.35. The van der Waals surface area contributed by atoms with Crippen LogP contribution in [0.25, 0.3) is 0 Å². The van der Waals surface area contributed by atoms with Crippen LogP contribution in [0.15, 0.2) is 18.3 Å². The molecule has 1 aromatic heterocycles. The number of piperazine rings is 1. The van der Waals surface area contributed by atoms with Gasteiger partial charge in [-0.05, 0) is 52.7 Å². The van der Waals surface area contributed by atoms with Crippen LogP contribution in [0.4, 0.5) is 10.5 Å². The Bertz CT molecular complexity index is 697. The van der Waals surface area contributed by atoms with Crippen molar-refractivity contribution >= 4 is 11.7 Å². The van der Waals surface area contributed by atoms with Crippen molar-refractivity contribution in [3.63, 3.8) is 0 Å². The van der Waals surface area contributed by atoms with Crippen LogP contribution in [0.1, 0.15) is 46.2 Å². The highest BCUT2D eigenvalue weighted by molar-refractivity contribution is 5.75. The Morgan fingerprint density at radius 2 is 1.81 bits per heavy atom. The van der Waals surface area contributed by atoms with Gasteiger partial charge in [-0.15, -0.1) is 0 Å². The number of nitriles is 1. The van der Waals surface area contributed by atoms with Crippen LogP contribution < -0.4 is 15.5 Å². The molecule has 27 heavy (non-hydrogen) atoms. The maximum atomic E-state index is 12.7. The summed E-state index contributed by atoms with van der Waals surface area (Å²) in [6.07, 6.45) is 3.59. The Hall–Kier alpha value is -2.33. The highest BCUT2D eigenvalue weighted by atomic mass is 16.2. The molecule has 1 aromatic rings. The van der Waals surface area contributed by atoms with E-state index in [4.69, 9.17) is 5.26 Å². The van der Waals surface area contributed by atoms with Gasteiger partial charge >= 0.3 is 6.03 Å². The fourth-order valence-electron chi connectivity index (χ4n) is 4.50. The zero-order chi connectivity index (χ0) is 19.7. The SMILES string of the molecule is CC1(C)CC(NC(=O)N2CCN(c3ccc(C#N)nc3)CC2)CC(C)(C)N1. The van der Waals surface area contributed by atoms with Gasteiger partial charge in [0.1, 0.15) is 11.8 Å². The van der Waals surface area contributed by atoms with Crippen molar-refractivity contribution in [1.82, 2.24) is 20.5 Å². The first-order valence-electron chi connectivity index (χ1n) is 9.63. The van der Waals surface area contributed by atoms with Crippen molar-refractivity contribution in [3.05, 3.63) is 24.0 Å². The van der Waals surface area contributed by atoms with Crippen molar-refractivity contribution in [1.29, 1.82) is 5.26 Å². The van der Waals surface area contributed by atoms with E-state index >= 15 is 0 Å². The van der Waals surface area contributed by atoms with E-state index in [1.165, 1.54) is 0 Å². The molecule has 2 saturated heterocycles. The van der Waals surface area contributed by atoms with Crippen LogP contribution in [0.3, 0.4) is 0 Å². The summed E-state index contributed by atoms with van der Waals surface area (Å²) in [5, 5.41) is 15.8. The van der Waals surface area contributed by atoms with Crippen molar-refractivity contribution in [2.45, 2.75) is 57.7 Å². The molecule has 0 spiro atoms. The van der Waals surface area contributed by atoms with E-state index in [2.05, 4.69) is 48.2 Å². The lowest BCUT2D eigenvalue weighted by atomic mass is 9.80. The molecule has 2 aliphatic rings. The minimum absolute atomic E-state index is 0.0149. The molecule has 0 atom stereocenters. The highest BCUT2D eigenvalue weighted by Gasteiger charge is 2.38. The number of amides is 2. The third-order valence-electron chi connectivity index (χ3n) is 5.31. The van der Waals surface area contributed by atoms with Crippen molar-refractivity contribution < 1.29 is 4.79 Å². The molecule has 0 unspecified atom stereocenters. The van der Waals surface area contributed by atoms with Gasteiger partial charge in [-0.3, -0.25) is 0 Å². The van der Waals surface area contributed by atoms with Gasteiger partial charge in [0.2, 0.25) is 0 Å². The van der Waals surface area contributed by atoms with Gasteiger partial charge in [0.15, 0.2) is 0 Å². The Morgan fingerprint density at radius 3 is 2.33 bits per heavy atom. The highest BCUT2D eigenvalue weighted by Crippen LogP contribution is 2.28. The Balaban J connectivity index is 1.53. The number of nitrogens with one attached hydrogen (secondary N) is 2. The van der Waals surface area contributed by atoms with Crippen LogP contribution in [0.5, 0.6) is 0 Å². The Labute approximate surface area is 161 Å². The van der Waals surface area contributed by atoms with Crippen molar-refractivity contribution in [2.24, 2.45) is 0 Å². The predicted octanol–water partition coefficient (Wildman–Crippen LogP) is 2.09. The van der Waals surface area contributed by atoms with Gasteiger partial charge in [-0.1, -0.05) is 0 Å². The fraction of sp³-hybridized carbons (Fsp3) is 0.650. The van der Waals surface area contributed by atoms with E-state index in [-0.39, 0.29) is 23.2 Å². The minimum Gasteiger partial charge on any atom is -0.367 e.